The highest BCUT2D eigenvalue weighted by Crippen LogP contribution is 2.31. The van der Waals surface area contributed by atoms with Crippen molar-refractivity contribution in [3.63, 3.8) is 0 Å². The minimum Gasteiger partial charge on any atom is -0.371 e. The van der Waals surface area contributed by atoms with Crippen molar-refractivity contribution in [3.05, 3.63) is 18.2 Å². The first-order chi connectivity index (χ1) is 9.76. The lowest BCUT2D eigenvalue weighted by atomic mass is 10.3. The third-order valence-electron chi connectivity index (χ3n) is 3.57. The monoisotopic (exact) mass is 289 g/mol. The van der Waals surface area contributed by atoms with Crippen LogP contribution in [0.2, 0.25) is 0 Å². The van der Waals surface area contributed by atoms with Gasteiger partial charge in [0.1, 0.15) is 0 Å². The van der Waals surface area contributed by atoms with Gasteiger partial charge in [-0.1, -0.05) is 18.3 Å². The summed E-state index contributed by atoms with van der Waals surface area (Å²) in [7, 11) is 0. The first kappa shape index (κ1) is 13.4. The summed E-state index contributed by atoms with van der Waals surface area (Å²) in [5, 5.41) is 3.58. The highest BCUT2D eigenvalue weighted by Gasteiger charge is 2.14. The van der Waals surface area contributed by atoms with Gasteiger partial charge in [-0.3, -0.25) is 4.79 Å². The van der Waals surface area contributed by atoms with Gasteiger partial charge in [-0.25, -0.2) is 4.98 Å². The van der Waals surface area contributed by atoms with Gasteiger partial charge in [0.15, 0.2) is 5.13 Å². The van der Waals surface area contributed by atoms with Gasteiger partial charge in [-0.2, -0.15) is 0 Å². The summed E-state index contributed by atoms with van der Waals surface area (Å²) in [4.78, 5) is 18.5. The third kappa shape index (κ3) is 2.77. The maximum Gasteiger partial charge on any atom is 0.226 e. The van der Waals surface area contributed by atoms with E-state index in [9.17, 15) is 4.79 Å². The molecule has 1 fully saturated rings. The van der Waals surface area contributed by atoms with Crippen LogP contribution in [0.25, 0.3) is 10.2 Å². The summed E-state index contributed by atoms with van der Waals surface area (Å²) >= 11 is 1.55. The van der Waals surface area contributed by atoms with E-state index in [1.807, 2.05) is 6.92 Å². The Morgan fingerprint density at radius 1 is 1.40 bits per heavy atom. The van der Waals surface area contributed by atoms with Crippen LogP contribution in [0, 0.1) is 0 Å². The molecule has 1 N–H and O–H groups in total. The van der Waals surface area contributed by atoms with Gasteiger partial charge in [0.25, 0.3) is 0 Å². The summed E-state index contributed by atoms with van der Waals surface area (Å²) in [5.41, 5.74) is 2.23. The number of thiazole rings is 1. The molecule has 1 saturated heterocycles. The third-order valence-corrected chi connectivity index (χ3v) is 4.50. The molecule has 106 valence electrons. The van der Waals surface area contributed by atoms with Crippen molar-refractivity contribution in [1.29, 1.82) is 0 Å². The van der Waals surface area contributed by atoms with Gasteiger partial charge in [-0.15, -0.1) is 0 Å². The van der Waals surface area contributed by atoms with Crippen molar-refractivity contribution >= 4 is 38.3 Å². The molecule has 1 aliphatic heterocycles. The van der Waals surface area contributed by atoms with Crippen molar-refractivity contribution in [1.82, 2.24) is 4.98 Å². The minimum atomic E-state index is 0.0475. The number of carbonyl (C=O) groups is 1. The highest BCUT2D eigenvalue weighted by atomic mass is 32.1. The van der Waals surface area contributed by atoms with E-state index < -0.39 is 0 Å². The molecule has 1 aromatic heterocycles. The van der Waals surface area contributed by atoms with Gasteiger partial charge in [0.2, 0.25) is 5.91 Å². The average Bonchev–Trinajstić information content (AvgIpc) is 3.06. The van der Waals surface area contributed by atoms with E-state index in [-0.39, 0.29) is 5.91 Å². The van der Waals surface area contributed by atoms with Gasteiger partial charge >= 0.3 is 0 Å². The molecule has 1 amide bonds. The standard InChI is InChI=1S/C15H19N3OS/c1-2-5-14(19)17-15-16-12-7-6-11(10-13(12)20-15)18-8-3-4-9-18/h6-7,10H,2-5,8-9H2,1H3,(H,16,17,19). The number of rotatable bonds is 4. The van der Waals surface area contributed by atoms with E-state index in [0.717, 1.165) is 29.7 Å². The number of carbonyl (C=O) groups excluding carboxylic acids is 1. The largest absolute Gasteiger partial charge is 0.371 e. The predicted molar refractivity (Wildman–Crippen MR) is 84.6 cm³/mol. The number of amides is 1. The van der Waals surface area contributed by atoms with Crippen LogP contribution in [-0.2, 0) is 4.79 Å². The molecular weight excluding hydrogens is 270 g/mol. The van der Waals surface area contributed by atoms with Crippen molar-refractivity contribution < 1.29 is 4.79 Å². The average molecular weight is 289 g/mol. The molecule has 2 aromatic rings. The predicted octanol–water partition coefficient (Wildman–Crippen LogP) is 3.64. The molecule has 4 nitrogen and oxygen atoms in total. The molecule has 5 heteroatoms. The van der Waals surface area contributed by atoms with Crippen molar-refractivity contribution in [3.8, 4) is 0 Å². The molecule has 1 aromatic carbocycles. The molecule has 0 unspecified atom stereocenters. The van der Waals surface area contributed by atoms with E-state index in [4.69, 9.17) is 0 Å². The maximum absolute atomic E-state index is 11.6. The molecule has 20 heavy (non-hydrogen) atoms. The van der Waals surface area contributed by atoms with E-state index >= 15 is 0 Å². The number of benzene rings is 1. The van der Waals surface area contributed by atoms with Crippen LogP contribution < -0.4 is 10.2 Å². The number of anilines is 2. The fourth-order valence-electron chi connectivity index (χ4n) is 2.55. The fourth-order valence-corrected chi connectivity index (χ4v) is 3.46. The lowest BCUT2D eigenvalue weighted by Crippen LogP contribution is -2.17. The van der Waals surface area contributed by atoms with Crippen LogP contribution in [-0.4, -0.2) is 24.0 Å². The Bertz CT molecular complexity index is 617. The lowest BCUT2D eigenvalue weighted by Gasteiger charge is -2.16. The SMILES string of the molecule is CCCC(=O)Nc1nc2ccc(N3CCCC3)cc2s1. The van der Waals surface area contributed by atoms with Gasteiger partial charge in [-0.05, 0) is 37.5 Å². The zero-order valence-electron chi connectivity index (χ0n) is 11.7. The van der Waals surface area contributed by atoms with Crippen molar-refractivity contribution in [2.45, 2.75) is 32.6 Å². The van der Waals surface area contributed by atoms with E-state index in [1.54, 1.807) is 11.3 Å². The molecule has 0 atom stereocenters. The Hall–Kier alpha value is -1.62. The maximum atomic E-state index is 11.6. The summed E-state index contributed by atoms with van der Waals surface area (Å²) in [5.74, 6) is 0.0475. The number of nitrogens with zero attached hydrogens (tertiary/aromatic N) is 2. The fraction of sp³-hybridized carbons (Fsp3) is 0.467. The van der Waals surface area contributed by atoms with E-state index in [1.165, 1.54) is 18.5 Å². The smallest absolute Gasteiger partial charge is 0.226 e. The number of hydrogen-bond acceptors (Lipinski definition) is 4. The molecule has 0 bridgehead atoms. The van der Waals surface area contributed by atoms with Crippen molar-refractivity contribution in [2.24, 2.45) is 0 Å². The molecule has 2 heterocycles. The summed E-state index contributed by atoms with van der Waals surface area (Å²) in [6.07, 6.45) is 3.96. The Balaban J connectivity index is 1.81. The van der Waals surface area contributed by atoms with Crippen LogP contribution >= 0.6 is 11.3 Å². The number of hydrogen-bond donors (Lipinski definition) is 1. The van der Waals surface area contributed by atoms with Gasteiger partial charge in [0, 0.05) is 25.2 Å². The Kier molecular flexibility index (Phi) is 3.87. The Morgan fingerprint density at radius 2 is 2.20 bits per heavy atom. The second kappa shape index (κ2) is 5.79. The summed E-state index contributed by atoms with van der Waals surface area (Å²) < 4.78 is 1.14. The zero-order valence-corrected chi connectivity index (χ0v) is 12.5. The highest BCUT2D eigenvalue weighted by molar-refractivity contribution is 7.22. The number of nitrogens with one attached hydrogen (secondary N) is 1. The quantitative estimate of drug-likeness (QED) is 0.934. The second-order valence-corrected chi connectivity index (χ2v) is 6.19. The minimum absolute atomic E-state index is 0.0475. The topological polar surface area (TPSA) is 45.2 Å². The Morgan fingerprint density at radius 3 is 2.95 bits per heavy atom. The molecule has 3 rings (SSSR count). The normalized spacial score (nSPS) is 14.9. The second-order valence-electron chi connectivity index (χ2n) is 5.16. The molecular formula is C15H19N3OS. The zero-order chi connectivity index (χ0) is 13.9. The molecule has 0 aliphatic carbocycles. The van der Waals surface area contributed by atoms with Crippen LogP contribution in [0.3, 0.4) is 0 Å². The molecule has 0 radical (unpaired) electrons. The Labute approximate surface area is 122 Å². The molecule has 0 saturated carbocycles. The summed E-state index contributed by atoms with van der Waals surface area (Å²) in [6.45, 7) is 4.29. The van der Waals surface area contributed by atoms with E-state index in [0.29, 0.717) is 11.6 Å². The van der Waals surface area contributed by atoms with Gasteiger partial charge in [0.05, 0.1) is 10.2 Å². The van der Waals surface area contributed by atoms with Crippen molar-refractivity contribution in [2.75, 3.05) is 23.3 Å². The summed E-state index contributed by atoms with van der Waals surface area (Å²) in [6, 6.07) is 6.37. The number of fused-ring (bicyclic) bond motifs is 1. The number of aromatic nitrogens is 1. The first-order valence-electron chi connectivity index (χ1n) is 7.21. The first-order valence-corrected chi connectivity index (χ1v) is 8.03. The van der Waals surface area contributed by atoms with Crippen LogP contribution in [0.4, 0.5) is 10.8 Å². The molecule has 0 spiro atoms. The lowest BCUT2D eigenvalue weighted by molar-refractivity contribution is -0.116. The molecule has 1 aliphatic rings. The van der Waals surface area contributed by atoms with Crippen LogP contribution in [0.1, 0.15) is 32.6 Å². The van der Waals surface area contributed by atoms with Gasteiger partial charge < -0.3 is 10.2 Å². The van der Waals surface area contributed by atoms with Crippen LogP contribution in [0.5, 0.6) is 0 Å². The van der Waals surface area contributed by atoms with Crippen LogP contribution in [0.15, 0.2) is 18.2 Å². The van der Waals surface area contributed by atoms with E-state index in [2.05, 4.69) is 33.4 Å².